The predicted molar refractivity (Wildman–Crippen MR) is 140 cm³/mol. The van der Waals surface area contributed by atoms with Gasteiger partial charge in [0.2, 0.25) is 5.78 Å². The third-order valence-corrected chi connectivity index (χ3v) is 9.94. The summed E-state index contributed by atoms with van der Waals surface area (Å²) in [6.07, 6.45) is 0. The van der Waals surface area contributed by atoms with E-state index < -0.39 is 16.1 Å². The summed E-state index contributed by atoms with van der Waals surface area (Å²) in [6, 6.07) is 19.6. The molecule has 0 unspecified atom stereocenters. The molecule has 1 aliphatic rings. The van der Waals surface area contributed by atoms with Crippen molar-refractivity contribution in [2.45, 2.75) is 17.2 Å². The molecule has 0 saturated carbocycles. The van der Waals surface area contributed by atoms with E-state index in [0.717, 1.165) is 11.3 Å². The third-order valence-electron chi connectivity index (χ3n) is 6.11. The van der Waals surface area contributed by atoms with Crippen LogP contribution in [0.3, 0.4) is 0 Å². The van der Waals surface area contributed by atoms with Crippen LogP contribution in [0.25, 0.3) is 10.6 Å². The molecule has 2 aromatic heterocycles. The van der Waals surface area contributed by atoms with Crippen molar-refractivity contribution in [3.63, 3.8) is 0 Å². The Morgan fingerprint density at radius 3 is 2.43 bits per heavy atom. The Labute approximate surface area is 223 Å². The summed E-state index contributed by atoms with van der Waals surface area (Å²) in [6.45, 7) is 2.58. The average Bonchev–Trinajstić information content (AvgIpc) is 3.59. The fourth-order valence-electron chi connectivity index (χ4n) is 4.20. The minimum atomic E-state index is -3.80. The molecule has 2 aromatic carbocycles. The van der Waals surface area contributed by atoms with E-state index in [1.54, 1.807) is 66.4 Å². The molecule has 0 aliphatic carbocycles. The Kier molecular flexibility index (Phi) is 7.00. The highest BCUT2D eigenvalue weighted by atomic mass is 35.5. The summed E-state index contributed by atoms with van der Waals surface area (Å²) in [5.74, 6) is -0.139. The van der Waals surface area contributed by atoms with E-state index in [9.17, 15) is 18.0 Å². The van der Waals surface area contributed by atoms with Crippen molar-refractivity contribution in [1.82, 2.24) is 14.4 Å². The molecule has 0 bridgehead atoms. The number of sulfonamides is 1. The van der Waals surface area contributed by atoms with Crippen molar-refractivity contribution in [1.29, 1.82) is 0 Å². The van der Waals surface area contributed by atoms with Crippen LogP contribution in [-0.2, 0) is 10.0 Å². The van der Waals surface area contributed by atoms with Crippen molar-refractivity contribution in [2.75, 3.05) is 19.6 Å². The van der Waals surface area contributed by atoms with Crippen LogP contribution in [0.4, 0.5) is 0 Å². The van der Waals surface area contributed by atoms with Crippen molar-refractivity contribution in [3.05, 3.63) is 94.6 Å². The zero-order valence-corrected chi connectivity index (χ0v) is 22.1. The van der Waals surface area contributed by atoms with Crippen molar-refractivity contribution in [2.24, 2.45) is 0 Å². The summed E-state index contributed by atoms with van der Waals surface area (Å²) in [7, 11) is -3.80. The highest BCUT2D eigenvalue weighted by Crippen LogP contribution is 2.34. The molecule has 8 nitrogen and oxygen atoms in total. The summed E-state index contributed by atoms with van der Waals surface area (Å²) >= 11 is 6.93. The Hall–Kier alpha value is -3.31. The van der Waals surface area contributed by atoms with Crippen LogP contribution in [0.2, 0.25) is 5.02 Å². The lowest BCUT2D eigenvalue weighted by Gasteiger charge is -2.38. The molecule has 0 radical (unpaired) electrons. The largest absolute Gasteiger partial charge is 0.355 e. The maximum Gasteiger partial charge on any atom is 0.253 e. The smallest absolute Gasteiger partial charge is 0.253 e. The number of hydrogen-bond donors (Lipinski definition) is 0. The zero-order chi connectivity index (χ0) is 26.2. The van der Waals surface area contributed by atoms with Crippen LogP contribution in [0.5, 0.6) is 0 Å². The van der Waals surface area contributed by atoms with Crippen LogP contribution < -0.4 is 0 Å². The minimum absolute atomic E-state index is 0.114. The molecule has 1 fully saturated rings. The molecule has 5 rings (SSSR count). The number of piperazine rings is 1. The second-order valence-corrected chi connectivity index (χ2v) is 12.3. The van der Waals surface area contributed by atoms with Crippen LogP contribution in [0.15, 0.2) is 81.5 Å². The number of thiophene rings is 1. The molecule has 0 N–H and O–H groups in total. The Morgan fingerprint density at radius 2 is 1.73 bits per heavy atom. The maximum absolute atomic E-state index is 13.4. The molecule has 190 valence electrons. The fraction of sp³-hybridized carbons (Fsp3) is 0.192. The topological polar surface area (TPSA) is 101 Å². The molecule has 0 spiro atoms. The van der Waals surface area contributed by atoms with Crippen LogP contribution in [-0.4, -0.2) is 60.1 Å². The molecule has 1 amide bonds. The molecule has 4 aromatic rings. The number of benzene rings is 2. The monoisotopic (exact) mass is 555 g/mol. The summed E-state index contributed by atoms with van der Waals surface area (Å²) in [4.78, 5) is 27.7. The van der Waals surface area contributed by atoms with Gasteiger partial charge >= 0.3 is 0 Å². The van der Waals surface area contributed by atoms with Gasteiger partial charge in [0.05, 0.1) is 4.88 Å². The highest BCUT2D eigenvalue weighted by molar-refractivity contribution is 7.91. The summed E-state index contributed by atoms with van der Waals surface area (Å²) in [5, 5.41) is 4.38. The van der Waals surface area contributed by atoms with E-state index in [2.05, 4.69) is 5.16 Å². The first-order chi connectivity index (χ1) is 17.7. The van der Waals surface area contributed by atoms with Crippen molar-refractivity contribution in [3.8, 4) is 10.6 Å². The third kappa shape index (κ3) is 5.10. The second-order valence-electron chi connectivity index (χ2n) is 8.61. The van der Waals surface area contributed by atoms with E-state index in [1.165, 1.54) is 16.4 Å². The predicted octanol–water partition coefficient (Wildman–Crippen LogP) is 4.82. The molecule has 37 heavy (non-hydrogen) atoms. The number of halogens is 1. The Morgan fingerprint density at radius 1 is 1.00 bits per heavy atom. The van der Waals surface area contributed by atoms with E-state index in [1.807, 2.05) is 6.07 Å². The SMILES string of the molecule is C[C@@H]1CN(C(=O)c2ccccc2)CCN1S(=O)(=O)c1ccc(-c2cc(C(=O)c3ccc(Cl)cc3)no2)s1. The van der Waals surface area contributed by atoms with Gasteiger partial charge in [-0.15, -0.1) is 11.3 Å². The van der Waals surface area contributed by atoms with Gasteiger partial charge in [0.15, 0.2) is 11.5 Å². The van der Waals surface area contributed by atoms with Gasteiger partial charge in [0, 0.05) is 47.9 Å². The molecule has 1 saturated heterocycles. The van der Waals surface area contributed by atoms with E-state index in [4.69, 9.17) is 16.1 Å². The molecule has 1 aliphatic heterocycles. The van der Waals surface area contributed by atoms with Gasteiger partial charge in [-0.05, 0) is 55.5 Å². The van der Waals surface area contributed by atoms with Gasteiger partial charge in [0.25, 0.3) is 15.9 Å². The van der Waals surface area contributed by atoms with E-state index >= 15 is 0 Å². The lowest BCUT2D eigenvalue weighted by molar-refractivity contribution is 0.0642. The van der Waals surface area contributed by atoms with Gasteiger partial charge in [0.1, 0.15) is 4.21 Å². The standard InChI is InChI=1S/C26H22ClN3O5S2/c1-17-16-29(26(32)19-5-3-2-4-6-19)13-14-30(17)37(33,34)24-12-11-23(36-24)22-15-21(28-35-22)25(31)18-7-9-20(27)10-8-18/h2-12,15,17H,13-14,16H2,1H3/t17-/m1/s1. The number of nitrogens with zero attached hydrogens (tertiary/aromatic N) is 3. The van der Waals surface area contributed by atoms with Crippen molar-refractivity contribution >= 4 is 44.7 Å². The normalized spacial score (nSPS) is 16.6. The number of carbonyl (C=O) groups is 2. The zero-order valence-electron chi connectivity index (χ0n) is 19.7. The van der Waals surface area contributed by atoms with E-state index in [0.29, 0.717) is 39.9 Å². The van der Waals surface area contributed by atoms with Crippen LogP contribution in [0, 0.1) is 0 Å². The van der Waals surface area contributed by atoms with Gasteiger partial charge in [-0.2, -0.15) is 4.31 Å². The minimum Gasteiger partial charge on any atom is -0.355 e. The lowest BCUT2D eigenvalue weighted by Crippen LogP contribution is -2.55. The Balaban J connectivity index is 1.30. The van der Waals surface area contributed by atoms with Gasteiger partial charge in [-0.25, -0.2) is 8.42 Å². The number of rotatable bonds is 6. The van der Waals surface area contributed by atoms with Gasteiger partial charge in [-0.1, -0.05) is 35.0 Å². The summed E-state index contributed by atoms with van der Waals surface area (Å²) < 4.78 is 33.8. The molecular formula is C26H22ClN3O5S2. The molecule has 1 atom stereocenters. The fourth-order valence-corrected chi connectivity index (χ4v) is 7.32. The first kappa shape index (κ1) is 25.3. The molecular weight excluding hydrogens is 534 g/mol. The lowest BCUT2D eigenvalue weighted by atomic mass is 10.1. The number of ketones is 1. The number of hydrogen-bond acceptors (Lipinski definition) is 7. The number of aromatic nitrogens is 1. The molecule has 3 heterocycles. The first-order valence-electron chi connectivity index (χ1n) is 11.5. The molecule has 11 heteroatoms. The van der Waals surface area contributed by atoms with Crippen LogP contribution >= 0.6 is 22.9 Å². The van der Waals surface area contributed by atoms with Gasteiger partial charge < -0.3 is 9.42 Å². The average molecular weight is 556 g/mol. The van der Waals surface area contributed by atoms with Crippen molar-refractivity contribution < 1.29 is 22.5 Å². The van der Waals surface area contributed by atoms with Gasteiger partial charge in [-0.3, -0.25) is 9.59 Å². The number of amides is 1. The second kappa shape index (κ2) is 10.2. The quantitative estimate of drug-likeness (QED) is 0.316. The highest BCUT2D eigenvalue weighted by Gasteiger charge is 2.36. The maximum atomic E-state index is 13.4. The first-order valence-corrected chi connectivity index (χ1v) is 14.1. The van der Waals surface area contributed by atoms with Crippen LogP contribution in [0.1, 0.15) is 33.3 Å². The van der Waals surface area contributed by atoms with E-state index in [-0.39, 0.29) is 28.1 Å². The Bertz CT molecular complexity index is 1550. The summed E-state index contributed by atoms with van der Waals surface area (Å²) in [5.41, 5.74) is 1.11. The number of carbonyl (C=O) groups excluding carboxylic acids is 2.